The third kappa shape index (κ3) is 6.40. The first-order valence-corrected chi connectivity index (χ1v) is 11.4. The van der Waals surface area contributed by atoms with E-state index < -0.39 is 0 Å². The van der Waals surface area contributed by atoms with Crippen molar-refractivity contribution in [3.63, 3.8) is 0 Å². The SMILES string of the molecule is CCOc1cc(CNC2CCCCCC2)c(Br)cc1OCc1ccc(Cl)cc1. The van der Waals surface area contributed by atoms with Crippen LogP contribution < -0.4 is 14.8 Å². The molecule has 3 rings (SSSR count). The van der Waals surface area contributed by atoms with Crippen LogP contribution in [0, 0.1) is 0 Å². The summed E-state index contributed by atoms with van der Waals surface area (Å²) in [6, 6.07) is 12.4. The topological polar surface area (TPSA) is 30.5 Å². The fourth-order valence-corrected chi connectivity index (χ4v) is 4.16. The lowest BCUT2D eigenvalue weighted by molar-refractivity contribution is 0.268. The highest BCUT2D eigenvalue weighted by Gasteiger charge is 2.15. The van der Waals surface area contributed by atoms with E-state index in [1.165, 1.54) is 44.1 Å². The number of ether oxygens (including phenoxy) is 2. The van der Waals surface area contributed by atoms with Crippen LogP contribution in [-0.2, 0) is 13.2 Å². The van der Waals surface area contributed by atoms with Crippen LogP contribution in [0.1, 0.15) is 56.6 Å². The lowest BCUT2D eigenvalue weighted by atomic mass is 10.1. The van der Waals surface area contributed by atoms with Crippen molar-refractivity contribution >= 4 is 27.5 Å². The Morgan fingerprint density at radius 3 is 2.36 bits per heavy atom. The average molecular weight is 467 g/mol. The molecule has 2 aromatic rings. The van der Waals surface area contributed by atoms with E-state index >= 15 is 0 Å². The zero-order valence-electron chi connectivity index (χ0n) is 16.5. The van der Waals surface area contributed by atoms with E-state index in [0.29, 0.717) is 19.3 Å². The Balaban J connectivity index is 1.67. The van der Waals surface area contributed by atoms with Gasteiger partial charge in [0.2, 0.25) is 0 Å². The molecule has 1 aliphatic carbocycles. The molecule has 5 heteroatoms. The van der Waals surface area contributed by atoms with Gasteiger partial charge in [-0.25, -0.2) is 0 Å². The molecule has 0 aliphatic heterocycles. The van der Waals surface area contributed by atoms with Crippen LogP contribution in [0.5, 0.6) is 11.5 Å². The average Bonchev–Trinajstić information content (AvgIpc) is 2.97. The summed E-state index contributed by atoms with van der Waals surface area (Å²) in [5.74, 6) is 1.54. The van der Waals surface area contributed by atoms with E-state index in [1.807, 2.05) is 37.3 Å². The second kappa shape index (κ2) is 11.1. The summed E-state index contributed by atoms with van der Waals surface area (Å²) in [4.78, 5) is 0. The number of nitrogens with one attached hydrogen (secondary N) is 1. The van der Waals surface area contributed by atoms with Gasteiger partial charge >= 0.3 is 0 Å². The molecule has 0 heterocycles. The molecule has 28 heavy (non-hydrogen) atoms. The summed E-state index contributed by atoms with van der Waals surface area (Å²) >= 11 is 9.67. The molecule has 0 saturated heterocycles. The van der Waals surface area contributed by atoms with Crippen LogP contribution in [0.2, 0.25) is 5.02 Å². The molecule has 0 amide bonds. The molecule has 1 aliphatic rings. The first-order valence-electron chi connectivity index (χ1n) is 10.2. The molecule has 0 unspecified atom stereocenters. The maximum atomic E-state index is 6.04. The van der Waals surface area contributed by atoms with Crippen molar-refractivity contribution in [3.05, 3.63) is 57.0 Å². The standard InChI is InChI=1S/C23H29BrClNO2/c1-2-27-22-13-18(15-26-20-7-5-3-4-6-8-20)21(24)14-23(22)28-16-17-9-11-19(25)12-10-17/h9-14,20,26H,2-8,15-16H2,1H3. The van der Waals surface area contributed by atoms with Crippen molar-refractivity contribution in [2.75, 3.05) is 6.61 Å². The molecule has 1 N–H and O–H groups in total. The minimum absolute atomic E-state index is 0.476. The van der Waals surface area contributed by atoms with Gasteiger partial charge in [-0.2, -0.15) is 0 Å². The molecule has 2 aromatic carbocycles. The van der Waals surface area contributed by atoms with E-state index in [4.69, 9.17) is 21.1 Å². The summed E-state index contributed by atoms with van der Waals surface area (Å²) in [5.41, 5.74) is 2.27. The summed E-state index contributed by atoms with van der Waals surface area (Å²) in [6.07, 6.45) is 7.96. The van der Waals surface area contributed by atoms with Crippen LogP contribution in [0.15, 0.2) is 40.9 Å². The van der Waals surface area contributed by atoms with Crippen LogP contribution in [0.25, 0.3) is 0 Å². The smallest absolute Gasteiger partial charge is 0.162 e. The van der Waals surface area contributed by atoms with Gasteiger partial charge < -0.3 is 14.8 Å². The van der Waals surface area contributed by atoms with Gasteiger partial charge in [0.05, 0.1) is 6.61 Å². The molecule has 0 atom stereocenters. The third-order valence-electron chi connectivity index (χ3n) is 5.16. The molecular formula is C23H29BrClNO2. The minimum atomic E-state index is 0.476. The van der Waals surface area contributed by atoms with Crippen LogP contribution in [-0.4, -0.2) is 12.6 Å². The Bertz CT molecular complexity index is 743. The van der Waals surface area contributed by atoms with Crippen LogP contribution in [0.3, 0.4) is 0 Å². The Morgan fingerprint density at radius 1 is 1.00 bits per heavy atom. The van der Waals surface area contributed by atoms with E-state index in [-0.39, 0.29) is 0 Å². The number of hydrogen-bond donors (Lipinski definition) is 1. The number of rotatable bonds is 8. The quantitative estimate of drug-likeness (QED) is 0.429. The Kier molecular flexibility index (Phi) is 8.50. The molecule has 0 radical (unpaired) electrons. The maximum Gasteiger partial charge on any atom is 0.162 e. The minimum Gasteiger partial charge on any atom is -0.490 e. The number of benzene rings is 2. The summed E-state index contributed by atoms with van der Waals surface area (Å²) in [7, 11) is 0. The van der Waals surface area contributed by atoms with Gasteiger partial charge in [0.1, 0.15) is 6.61 Å². The lowest BCUT2D eigenvalue weighted by Crippen LogP contribution is -2.28. The molecule has 1 fully saturated rings. The Hall–Kier alpha value is -1.23. The monoisotopic (exact) mass is 465 g/mol. The van der Waals surface area contributed by atoms with Gasteiger partial charge in [0.25, 0.3) is 0 Å². The fourth-order valence-electron chi connectivity index (χ4n) is 3.57. The zero-order chi connectivity index (χ0) is 19.8. The van der Waals surface area contributed by atoms with Crippen molar-refractivity contribution in [1.29, 1.82) is 0 Å². The highest BCUT2D eigenvalue weighted by molar-refractivity contribution is 9.10. The number of hydrogen-bond acceptors (Lipinski definition) is 3. The van der Waals surface area contributed by atoms with Gasteiger partial charge in [-0.05, 0) is 55.2 Å². The van der Waals surface area contributed by atoms with Crippen molar-refractivity contribution in [2.45, 2.75) is 64.6 Å². The fraction of sp³-hybridized carbons (Fsp3) is 0.478. The van der Waals surface area contributed by atoms with Crippen molar-refractivity contribution in [3.8, 4) is 11.5 Å². The summed E-state index contributed by atoms with van der Waals surface area (Å²) in [5, 5.41) is 4.46. The van der Waals surface area contributed by atoms with Gasteiger partial charge in [0, 0.05) is 22.1 Å². The molecule has 0 aromatic heterocycles. The molecule has 0 spiro atoms. The van der Waals surface area contributed by atoms with Gasteiger partial charge in [0.15, 0.2) is 11.5 Å². The molecule has 3 nitrogen and oxygen atoms in total. The second-order valence-corrected chi connectivity index (χ2v) is 8.60. The van der Waals surface area contributed by atoms with Crippen LogP contribution >= 0.6 is 27.5 Å². The highest BCUT2D eigenvalue weighted by Crippen LogP contribution is 2.34. The highest BCUT2D eigenvalue weighted by atomic mass is 79.9. The summed E-state index contributed by atoms with van der Waals surface area (Å²) < 4.78 is 12.9. The van der Waals surface area contributed by atoms with E-state index in [2.05, 4.69) is 27.3 Å². The molecule has 0 bridgehead atoms. The Morgan fingerprint density at radius 2 is 1.68 bits per heavy atom. The lowest BCUT2D eigenvalue weighted by Gasteiger charge is -2.19. The first-order chi connectivity index (χ1) is 13.7. The predicted molar refractivity (Wildman–Crippen MR) is 119 cm³/mol. The maximum absolute atomic E-state index is 6.04. The van der Waals surface area contributed by atoms with Crippen molar-refractivity contribution in [2.24, 2.45) is 0 Å². The summed E-state index contributed by atoms with van der Waals surface area (Å²) in [6.45, 7) is 3.91. The number of halogens is 2. The van der Waals surface area contributed by atoms with Gasteiger partial charge in [-0.1, -0.05) is 65.3 Å². The van der Waals surface area contributed by atoms with E-state index in [9.17, 15) is 0 Å². The van der Waals surface area contributed by atoms with E-state index in [1.54, 1.807) is 0 Å². The first kappa shape index (κ1) is 21.5. The second-order valence-electron chi connectivity index (χ2n) is 7.31. The predicted octanol–water partition coefficient (Wildman–Crippen LogP) is 6.89. The molecule has 152 valence electrons. The van der Waals surface area contributed by atoms with E-state index in [0.717, 1.165) is 33.1 Å². The van der Waals surface area contributed by atoms with Crippen LogP contribution in [0.4, 0.5) is 0 Å². The van der Waals surface area contributed by atoms with Crippen molar-refractivity contribution in [1.82, 2.24) is 5.32 Å². The third-order valence-corrected chi connectivity index (χ3v) is 6.15. The normalized spacial score (nSPS) is 15.2. The zero-order valence-corrected chi connectivity index (χ0v) is 18.8. The largest absolute Gasteiger partial charge is 0.490 e. The van der Waals surface area contributed by atoms with Gasteiger partial charge in [-0.15, -0.1) is 0 Å². The van der Waals surface area contributed by atoms with Gasteiger partial charge in [-0.3, -0.25) is 0 Å². The van der Waals surface area contributed by atoms with Crippen molar-refractivity contribution < 1.29 is 9.47 Å². The Labute approximate surface area is 181 Å². The molecule has 1 saturated carbocycles. The molecular weight excluding hydrogens is 438 g/mol.